The smallest absolute Gasteiger partial charge is 0.395 e. The first-order chi connectivity index (χ1) is 33.9. The van der Waals surface area contributed by atoms with E-state index in [1.165, 1.54) is 24.3 Å². The van der Waals surface area contributed by atoms with Crippen molar-refractivity contribution in [2.75, 3.05) is 13.2 Å². The summed E-state index contributed by atoms with van der Waals surface area (Å²) in [5.74, 6) is -1.54. The van der Waals surface area contributed by atoms with Crippen molar-refractivity contribution in [1.29, 1.82) is 0 Å². The van der Waals surface area contributed by atoms with Gasteiger partial charge in [0.1, 0.15) is 11.6 Å². The van der Waals surface area contributed by atoms with Gasteiger partial charge in [0.05, 0.1) is 54.6 Å². The highest BCUT2D eigenvalue weighted by molar-refractivity contribution is 5.84. The lowest BCUT2D eigenvalue weighted by Crippen LogP contribution is -2.57. The van der Waals surface area contributed by atoms with Crippen molar-refractivity contribution in [1.82, 2.24) is 19.6 Å². The van der Waals surface area contributed by atoms with Crippen LogP contribution in [-0.2, 0) is 35.0 Å². The molecule has 8 nitrogen and oxygen atoms in total. The second-order valence-electron chi connectivity index (χ2n) is 20.2. The van der Waals surface area contributed by atoms with Crippen LogP contribution in [-0.4, -0.2) is 71.6 Å². The van der Waals surface area contributed by atoms with Crippen LogP contribution in [0, 0.1) is 23.5 Å². The van der Waals surface area contributed by atoms with Crippen molar-refractivity contribution in [2.24, 2.45) is 11.8 Å². The molecule has 4 aliphatic carbocycles. The molecule has 0 unspecified atom stereocenters. The van der Waals surface area contributed by atoms with E-state index in [-0.39, 0.29) is 63.1 Å². The molecular weight excluding hydrogens is 933 g/mol. The van der Waals surface area contributed by atoms with Crippen molar-refractivity contribution < 1.29 is 55.2 Å². The lowest BCUT2D eigenvalue weighted by molar-refractivity contribution is -0.301. The van der Waals surface area contributed by atoms with Gasteiger partial charge in [-0.05, 0) is 189 Å². The Labute approximate surface area is 404 Å². The summed E-state index contributed by atoms with van der Waals surface area (Å²) in [5, 5.41) is 42.3. The largest absolute Gasteiger partial charge is 0.417 e. The predicted octanol–water partition coefficient (Wildman–Crippen LogP) is 11.9. The molecule has 4 aliphatic rings. The molecule has 374 valence electrons. The fourth-order valence-electron chi connectivity index (χ4n) is 12.5. The highest BCUT2D eigenvalue weighted by atomic mass is 19.4. The summed E-state index contributed by atoms with van der Waals surface area (Å²) in [7, 11) is 0. The number of benzene rings is 5. The molecule has 2 fully saturated rings. The zero-order valence-electron chi connectivity index (χ0n) is 38.8. The topological polar surface area (TPSA) is 106 Å². The highest BCUT2D eigenvalue weighted by Crippen LogP contribution is 2.58. The third-order valence-electron chi connectivity index (χ3n) is 16.4. The highest BCUT2D eigenvalue weighted by Gasteiger charge is 2.63. The van der Waals surface area contributed by atoms with Gasteiger partial charge in [0, 0.05) is 21.6 Å². The van der Waals surface area contributed by atoms with Crippen LogP contribution < -0.4 is 0 Å². The first-order valence-electron chi connectivity index (χ1n) is 24.2. The number of fused-ring (bicyclic) bond motifs is 8. The zero-order valence-corrected chi connectivity index (χ0v) is 38.8. The molecule has 5 aromatic carbocycles. The summed E-state index contributed by atoms with van der Waals surface area (Å²) in [4.78, 5) is 0. The van der Waals surface area contributed by atoms with Gasteiger partial charge in [-0.1, -0.05) is 30.3 Å². The first kappa shape index (κ1) is 48.9. The van der Waals surface area contributed by atoms with Crippen LogP contribution in [0.4, 0.5) is 35.1 Å². The number of aryl methyl sites for hydroxylation is 2. The summed E-state index contributed by atoms with van der Waals surface area (Å²) < 4.78 is 121. The minimum Gasteiger partial charge on any atom is -0.395 e. The fourth-order valence-corrected chi connectivity index (χ4v) is 12.5. The van der Waals surface area contributed by atoms with E-state index in [0.717, 1.165) is 49.7 Å². The van der Waals surface area contributed by atoms with E-state index in [0.29, 0.717) is 49.8 Å². The van der Waals surface area contributed by atoms with Gasteiger partial charge in [0.2, 0.25) is 0 Å². The number of alkyl halides is 6. The van der Waals surface area contributed by atoms with Crippen LogP contribution in [0.25, 0.3) is 33.2 Å². The van der Waals surface area contributed by atoms with Gasteiger partial charge in [-0.2, -0.15) is 36.5 Å². The maximum absolute atomic E-state index is 14.7. The molecule has 16 heteroatoms. The van der Waals surface area contributed by atoms with Crippen LogP contribution >= 0.6 is 0 Å². The molecule has 2 aromatic heterocycles. The number of rotatable bonds is 7. The molecule has 0 radical (unpaired) electrons. The van der Waals surface area contributed by atoms with Gasteiger partial charge >= 0.3 is 12.4 Å². The van der Waals surface area contributed by atoms with Gasteiger partial charge < -0.3 is 20.1 Å². The maximum Gasteiger partial charge on any atom is 0.417 e. The van der Waals surface area contributed by atoms with Gasteiger partial charge in [0.15, 0.2) is 11.2 Å². The van der Waals surface area contributed by atoms with Crippen LogP contribution in [0.1, 0.15) is 92.0 Å². The molecule has 0 bridgehead atoms. The van der Waals surface area contributed by atoms with Crippen molar-refractivity contribution in [2.45, 2.75) is 118 Å². The number of hydrogen-bond acceptors (Lipinski definition) is 6. The Bertz CT molecular complexity index is 3030. The Hall–Kier alpha value is -5.68. The molecular formula is C55H54F8N4O4. The third-order valence-corrected chi connectivity index (χ3v) is 16.4. The minimum absolute atomic E-state index is 0.0643. The molecule has 11 rings (SSSR count). The minimum atomic E-state index is -4.69. The zero-order chi connectivity index (χ0) is 50.0. The Morgan fingerprint density at radius 1 is 0.592 bits per heavy atom. The second kappa shape index (κ2) is 18.4. The quantitative estimate of drug-likeness (QED) is 0.137. The van der Waals surface area contributed by atoms with E-state index in [2.05, 4.69) is 10.2 Å². The number of aliphatic hydroxyl groups is 3. The van der Waals surface area contributed by atoms with Crippen molar-refractivity contribution in [3.63, 3.8) is 0 Å². The number of aromatic nitrogens is 4. The fraction of sp³-hybridized carbons (Fsp3) is 0.418. The number of hydrogen-bond donors (Lipinski definition) is 3. The average molecular weight is 987 g/mol. The van der Waals surface area contributed by atoms with E-state index < -0.39 is 53.1 Å². The van der Waals surface area contributed by atoms with Crippen LogP contribution in [0.2, 0.25) is 0 Å². The molecule has 2 saturated carbocycles. The van der Waals surface area contributed by atoms with E-state index >= 15 is 0 Å². The molecule has 6 atom stereocenters. The molecule has 0 spiro atoms. The monoisotopic (exact) mass is 986 g/mol. The Kier molecular flexibility index (Phi) is 12.7. The lowest BCUT2D eigenvalue weighted by atomic mass is 9.58. The number of nitrogens with zero attached hydrogens (tertiary/aromatic N) is 4. The predicted molar refractivity (Wildman–Crippen MR) is 251 cm³/mol. The maximum atomic E-state index is 14.7. The number of ether oxygens (including phenoxy) is 1. The lowest BCUT2D eigenvalue weighted by Gasteiger charge is -2.51. The normalized spacial score (nSPS) is 26.6. The number of aliphatic hydroxyl groups excluding tert-OH is 2. The molecule has 0 saturated heterocycles. The summed E-state index contributed by atoms with van der Waals surface area (Å²) in [6, 6.07) is 29.0. The third kappa shape index (κ3) is 8.61. The second-order valence-corrected chi connectivity index (χ2v) is 20.2. The SMILES string of the molecule is OC[C@@]12CC[C@](O)(C(F)(F)F)C[C@H]1CCCc1cc3c(cnn3-c3ccc(F)cc3)cc12.OC[C@@]12CC[C@](OCc3ccccc3)(C(F)(F)F)C[C@H]1CCCc1cc3c(cnn3-c3ccc(F)cc3)cc12. The summed E-state index contributed by atoms with van der Waals surface area (Å²) in [6.07, 6.45) is -2.99. The van der Waals surface area contributed by atoms with Crippen molar-refractivity contribution in [3.8, 4) is 11.4 Å². The van der Waals surface area contributed by atoms with E-state index in [1.54, 1.807) is 70.3 Å². The molecule has 2 heterocycles. The van der Waals surface area contributed by atoms with Crippen molar-refractivity contribution in [3.05, 3.63) is 155 Å². The van der Waals surface area contributed by atoms with E-state index in [9.17, 15) is 50.4 Å². The van der Waals surface area contributed by atoms with Crippen LogP contribution in [0.5, 0.6) is 0 Å². The summed E-state index contributed by atoms with van der Waals surface area (Å²) in [6.45, 7) is -0.607. The van der Waals surface area contributed by atoms with E-state index in [4.69, 9.17) is 4.74 Å². The Morgan fingerprint density at radius 2 is 1.07 bits per heavy atom. The van der Waals surface area contributed by atoms with Crippen molar-refractivity contribution >= 4 is 21.8 Å². The van der Waals surface area contributed by atoms with Gasteiger partial charge in [-0.3, -0.25) is 0 Å². The van der Waals surface area contributed by atoms with Crippen LogP contribution in [0.3, 0.4) is 0 Å². The Morgan fingerprint density at radius 3 is 1.54 bits per heavy atom. The molecule has 0 aliphatic heterocycles. The Balaban J connectivity index is 0.000000167. The molecule has 7 aromatic rings. The van der Waals surface area contributed by atoms with E-state index in [1.807, 2.05) is 30.3 Å². The van der Waals surface area contributed by atoms with Gasteiger partial charge in [-0.25, -0.2) is 18.1 Å². The first-order valence-corrected chi connectivity index (χ1v) is 24.2. The molecule has 71 heavy (non-hydrogen) atoms. The van der Waals surface area contributed by atoms with Gasteiger partial charge in [-0.15, -0.1) is 0 Å². The molecule has 0 amide bonds. The average Bonchev–Trinajstić information content (AvgIpc) is 3.88. The molecule has 3 N–H and O–H groups in total. The number of halogens is 8. The standard InChI is InChI=1S/C31H30F4N2O2.C24H24F4N2O2/c32-25-9-11-26(12-10-25)37-28-16-22-7-4-8-24-17-30(31(33,34)35,39-19-21-5-2-1-3-6-21)14-13-29(24,20-38)27(22)15-23(28)18-36-37;25-18-4-6-19(7-5-18)30-21-11-15-2-1-3-17-12-23(32,24(26,27)28)9-8-22(17,14-31)20(15)10-16(21)13-29-30/h1-3,5-6,9-12,15-16,18,24,38H,4,7-8,13-14,17,19-20H2;4-7,10-11,13,17,31-32H,1-3,8-9,12,14H2/t24-,29+,30-;17-,22+,23-/m11/s1. The summed E-state index contributed by atoms with van der Waals surface area (Å²) in [5.41, 5.74) is 0.995. The summed E-state index contributed by atoms with van der Waals surface area (Å²) >= 11 is 0. The van der Waals surface area contributed by atoms with Gasteiger partial charge in [0.25, 0.3) is 0 Å². The van der Waals surface area contributed by atoms with Crippen LogP contribution in [0.15, 0.2) is 116 Å².